The van der Waals surface area contributed by atoms with Crippen molar-refractivity contribution in [3.05, 3.63) is 39.0 Å². The molecule has 4 heterocycles. The average Bonchev–Trinajstić information content (AvgIpc) is 3.23. The molecule has 6 heteroatoms. The number of carbonyl (C=O) groups excluding carboxylic acids is 1. The van der Waals surface area contributed by atoms with E-state index in [4.69, 9.17) is 0 Å². The molecule has 2 aliphatic rings. The number of hydrogen-bond donors (Lipinski definition) is 0. The molecule has 2 aromatic rings. The molecule has 1 amide bonds. The molecule has 4 rings (SSSR count). The first-order valence-corrected chi connectivity index (χ1v) is 9.09. The van der Waals surface area contributed by atoms with Gasteiger partial charge in [0.1, 0.15) is 5.69 Å². The maximum atomic E-state index is 12.3. The van der Waals surface area contributed by atoms with Crippen molar-refractivity contribution in [3.8, 4) is 0 Å². The number of carbonyl (C=O) groups is 1. The Morgan fingerprint density at radius 1 is 1.19 bits per heavy atom. The van der Waals surface area contributed by atoms with Crippen LogP contribution in [-0.2, 0) is 6.54 Å². The van der Waals surface area contributed by atoms with E-state index in [1.807, 2.05) is 10.3 Å². The molecular weight excluding hydrogens is 302 g/mol. The Kier molecular flexibility index (Phi) is 3.52. The van der Waals surface area contributed by atoms with E-state index in [9.17, 15) is 4.79 Å². The van der Waals surface area contributed by atoms with Crippen LogP contribution in [0.1, 0.15) is 16.1 Å². The SMILES string of the molecule is O=C(c1cscn1)N1CC2CN(Cc3ccsc3)CC2C1. The fraction of sp³-hybridized carbons (Fsp3) is 0.467. The number of rotatable bonds is 3. The van der Waals surface area contributed by atoms with Crippen LogP contribution in [-0.4, -0.2) is 46.9 Å². The number of aromatic nitrogens is 1. The van der Waals surface area contributed by atoms with Gasteiger partial charge in [-0.25, -0.2) is 4.98 Å². The number of thiazole rings is 1. The van der Waals surface area contributed by atoms with Crippen LogP contribution in [0.2, 0.25) is 0 Å². The van der Waals surface area contributed by atoms with Crippen LogP contribution in [0.5, 0.6) is 0 Å². The van der Waals surface area contributed by atoms with E-state index in [0.717, 1.165) is 32.7 Å². The minimum Gasteiger partial charge on any atom is -0.337 e. The van der Waals surface area contributed by atoms with Gasteiger partial charge in [-0.2, -0.15) is 11.3 Å². The van der Waals surface area contributed by atoms with E-state index >= 15 is 0 Å². The predicted octanol–water partition coefficient (Wildman–Crippen LogP) is 2.41. The Labute approximate surface area is 132 Å². The fourth-order valence-electron chi connectivity index (χ4n) is 3.51. The zero-order chi connectivity index (χ0) is 14.2. The van der Waals surface area contributed by atoms with Crippen LogP contribution in [0.4, 0.5) is 0 Å². The summed E-state index contributed by atoms with van der Waals surface area (Å²) in [4.78, 5) is 21.0. The third-order valence-corrected chi connectivity index (χ3v) is 5.81. The Bertz CT molecular complexity index is 597. The summed E-state index contributed by atoms with van der Waals surface area (Å²) in [6, 6.07) is 2.21. The fourth-order valence-corrected chi connectivity index (χ4v) is 4.69. The van der Waals surface area contributed by atoms with Crippen molar-refractivity contribution in [3.63, 3.8) is 0 Å². The summed E-state index contributed by atoms with van der Waals surface area (Å²) in [7, 11) is 0. The third-order valence-electron chi connectivity index (χ3n) is 4.49. The second-order valence-electron chi connectivity index (χ2n) is 5.93. The summed E-state index contributed by atoms with van der Waals surface area (Å²) in [5.74, 6) is 1.37. The van der Waals surface area contributed by atoms with Gasteiger partial charge in [-0.3, -0.25) is 9.69 Å². The monoisotopic (exact) mass is 319 g/mol. The lowest BCUT2D eigenvalue weighted by Gasteiger charge is -2.20. The van der Waals surface area contributed by atoms with E-state index in [0.29, 0.717) is 17.5 Å². The molecule has 0 N–H and O–H groups in total. The first kappa shape index (κ1) is 13.4. The molecule has 2 atom stereocenters. The van der Waals surface area contributed by atoms with Crippen LogP contribution in [0, 0.1) is 11.8 Å². The number of hydrogen-bond acceptors (Lipinski definition) is 5. The molecule has 2 fully saturated rings. The van der Waals surface area contributed by atoms with Gasteiger partial charge in [-0.05, 0) is 34.2 Å². The van der Waals surface area contributed by atoms with Crippen molar-refractivity contribution in [2.45, 2.75) is 6.54 Å². The molecule has 4 nitrogen and oxygen atoms in total. The highest BCUT2D eigenvalue weighted by Gasteiger charge is 2.41. The van der Waals surface area contributed by atoms with Crippen molar-refractivity contribution < 1.29 is 4.79 Å². The van der Waals surface area contributed by atoms with Gasteiger partial charge < -0.3 is 4.90 Å². The Morgan fingerprint density at radius 2 is 2.00 bits per heavy atom. The van der Waals surface area contributed by atoms with Gasteiger partial charge in [-0.1, -0.05) is 0 Å². The minimum atomic E-state index is 0.107. The standard InChI is InChI=1S/C15H17N3OS2/c19-15(14-9-21-10-16-14)18-6-12-4-17(5-13(12)7-18)3-11-1-2-20-8-11/h1-2,8-10,12-13H,3-7H2. The van der Waals surface area contributed by atoms with Crippen molar-refractivity contribution in [1.29, 1.82) is 0 Å². The Balaban J connectivity index is 1.36. The highest BCUT2D eigenvalue weighted by molar-refractivity contribution is 7.08. The van der Waals surface area contributed by atoms with Crippen LogP contribution >= 0.6 is 22.7 Å². The smallest absolute Gasteiger partial charge is 0.273 e. The highest BCUT2D eigenvalue weighted by atomic mass is 32.1. The first-order chi connectivity index (χ1) is 10.3. The molecule has 0 spiro atoms. The van der Waals surface area contributed by atoms with Crippen molar-refractivity contribution in [1.82, 2.24) is 14.8 Å². The molecule has 2 saturated heterocycles. The van der Waals surface area contributed by atoms with Gasteiger partial charge in [0.15, 0.2) is 0 Å². The third kappa shape index (κ3) is 2.63. The number of amides is 1. The molecule has 2 aromatic heterocycles. The van der Waals surface area contributed by atoms with E-state index in [-0.39, 0.29) is 5.91 Å². The molecule has 2 aliphatic heterocycles. The van der Waals surface area contributed by atoms with Gasteiger partial charge in [0.2, 0.25) is 0 Å². The van der Waals surface area contributed by atoms with Crippen LogP contribution in [0.15, 0.2) is 27.7 Å². The zero-order valence-electron chi connectivity index (χ0n) is 11.6. The lowest BCUT2D eigenvalue weighted by molar-refractivity contribution is 0.0768. The summed E-state index contributed by atoms with van der Waals surface area (Å²) >= 11 is 3.25. The quantitative estimate of drug-likeness (QED) is 0.872. The van der Waals surface area contributed by atoms with Crippen molar-refractivity contribution in [2.75, 3.05) is 26.2 Å². The van der Waals surface area contributed by atoms with Gasteiger partial charge >= 0.3 is 0 Å². The zero-order valence-corrected chi connectivity index (χ0v) is 13.3. The number of fused-ring (bicyclic) bond motifs is 1. The second kappa shape index (κ2) is 5.51. The molecule has 21 heavy (non-hydrogen) atoms. The van der Waals surface area contributed by atoms with Gasteiger partial charge in [-0.15, -0.1) is 11.3 Å². The maximum Gasteiger partial charge on any atom is 0.273 e. The normalized spacial score (nSPS) is 25.4. The maximum absolute atomic E-state index is 12.3. The van der Waals surface area contributed by atoms with E-state index in [1.165, 1.54) is 16.9 Å². The molecule has 0 saturated carbocycles. The minimum absolute atomic E-state index is 0.107. The summed E-state index contributed by atoms with van der Waals surface area (Å²) in [6.45, 7) is 5.06. The molecule has 0 aromatic carbocycles. The molecular formula is C15H17N3OS2. The first-order valence-electron chi connectivity index (χ1n) is 7.20. The molecule has 2 unspecified atom stereocenters. The lowest BCUT2D eigenvalue weighted by atomic mass is 10.0. The molecule has 110 valence electrons. The Hall–Kier alpha value is -1.24. The molecule has 0 radical (unpaired) electrons. The summed E-state index contributed by atoms with van der Waals surface area (Å²) in [6.07, 6.45) is 0. The summed E-state index contributed by atoms with van der Waals surface area (Å²) < 4.78 is 0. The Morgan fingerprint density at radius 3 is 2.62 bits per heavy atom. The van der Waals surface area contributed by atoms with Crippen LogP contribution < -0.4 is 0 Å². The highest BCUT2D eigenvalue weighted by Crippen LogP contribution is 2.32. The predicted molar refractivity (Wildman–Crippen MR) is 84.6 cm³/mol. The second-order valence-corrected chi connectivity index (χ2v) is 7.43. The summed E-state index contributed by atoms with van der Waals surface area (Å²) in [5.41, 5.74) is 3.75. The van der Waals surface area contributed by atoms with E-state index in [1.54, 1.807) is 16.8 Å². The van der Waals surface area contributed by atoms with Crippen molar-refractivity contribution >= 4 is 28.6 Å². The van der Waals surface area contributed by atoms with Gasteiger partial charge in [0.05, 0.1) is 5.51 Å². The van der Waals surface area contributed by atoms with E-state index in [2.05, 4.69) is 26.7 Å². The largest absolute Gasteiger partial charge is 0.337 e. The van der Waals surface area contributed by atoms with Gasteiger partial charge in [0, 0.05) is 38.1 Å². The molecule has 0 bridgehead atoms. The topological polar surface area (TPSA) is 36.4 Å². The van der Waals surface area contributed by atoms with Crippen LogP contribution in [0.3, 0.4) is 0 Å². The lowest BCUT2D eigenvalue weighted by Crippen LogP contribution is -2.33. The number of likely N-dealkylation sites (tertiary alicyclic amines) is 2. The van der Waals surface area contributed by atoms with E-state index < -0.39 is 0 Å². The van der Waals surface area contributed by atoms with Crippen molar-refractivity contribution in [2.24, 2.45) is 11.8 Å². The number of nitrogens with zero attached hydrogens (tertiary/aromatic N) is 3. The number of thiophene rings is 1. The van der Waals surface area contributed by atoms with Crippen LogP contribution in [0.25, 0.3) is 0 Å². The molecule has 0 aliphatic carbocycles. The van der Waals surface area contributed by atoms with Gasteiger partial charge in [0.25, 0.3) is 5.91 Å². The average molecular weight is 319 g/mol. The summed E-state index contributed by atoms with van der Waals surface area (Å²) in [5, 5.41) is 6.21.